The summed E-state index contributed by atoms with van der Waals surface area (Å²) in [7, 11) is 0. The first kappa shape index (κ1) is 15.2. The zero-order chi connectivity index (χ0) is 16.5. The lowest BCUT2D eigenvalue weighted by atomic mass is 10.0. The molecule has 1 saturated heterocycles. The Balaban J connectivity index is 1.45. The summed E-state index contributed by atoms with van der Waals surface area (Å²) >= 11 is 0. The molecule has 1 heterocycles. The van der Waals surface area contributed by atoms with Gasteiger partial charge in [-0.05, 0) is 55.9 Å². The highest BCUT2D eigenvalue weighted by Gasteiger charge is 2.24. The van der Waals surface area contributed by atoms with E-state index in [0.29, 0.717) is 0 Å². The molecule has 2 aliphatic rings. The minimum atomic E-state index is 0.172. The lowest BCUT2D eigenvalue weighted by molar-refractivity contribution is 0.0743. The molecule has 1 aliphatic heterocycles. The maximum atomic E-state index is 12.7. The highest BCUT2D eigenvalue weighted by Crippen LogP contribution is 2.36. The van der Waals surface area contributed by atoms with Crippen molar-refractivity contribution < 1.29 is 4.79 Å². The van der Waals surface area contributed by atoms with E-state index in [2.05, 4.69) is 43.3 Å². The van der Waals surface area contributed by atoms with Gasteiger partial charge in [0.25, 0.3) is 5.91 Å². The van der Waals surface area contributed by atoms with Crippen molar-refractivity contribution in [1.29, 1.82) is 0 Å². The molecule has 0 bridgehead atoms. The summed E-state index contributed by atoms with van der Waals surface area (Å²) in [5.74, 6) is 0.172. The third-order valence-corrected chi connectivity index (χ3v) is 5.17. The first-order valence-corrected chi connectivity index (χ1v) is 8.87. The summed E-state index contributed by atoms with van der Waals surface area (Å²) in [6.45, 7) is 3.84. The SMILES string of the molecule is Cc1ccc(-c2ccc(C(=O)N3CCC(=C4CC4)CC3)cc2)cc1. The number of allylic oxidation sites excluding steroid dienone is 1. The summed E-state index contributed by atoms with van der Waals surface area (Å²) in [5, 5.41) is 0. The van der Waals surface area contributed by atoms with Crippen molar-refractivity contribution in [3.63, 3.8) is 0 Å². The Bertz CT molecular complexity index is 768. The highest BCUT2D eigenvalue weighted by molar-refractivity contribution is 5.94. The molecule has 1 aliphatic carbocycles. The van der Waals surface area contributed by atoms with E-state index >= 15 is 0 Å². The average Bonchev–Trinajstić information content (AvgIpc) is 3.47. The Morgan fingerprint density at radius 2 is 1.25 bits per heavy atom. The van der Waals surface area contributed by atoms with Crippen LogP contribution < -0.4 is 0 Å². The van der Waals surface area contributed by atoms with Gasteiger partial charge < -0.3 is 4.90 Å². The fourth-order valence-electron chi connectivity index (χ4n) is 3.48. The van der Waals surface area contributed by atoms with Crippen LogP contribution in [0.5, 0.6) is 0 Å². The Morgan fingerprint density at radius 1 is 0.750 bits per heavy atom. The Hall–Kier alpha value is -2.35. The standard InChI is InChI=1S/C22H23NO/c1-16-2-4-17(5-3-16)18-8-10-21(11-9-18)22(24)23-14-12-20(13-15-23)19-6-7-19/h2-5,8-11H,6-7,12-15H2,1H3. The Morgan fingerprint density at radius 3 is 1.79 bits per heavy atom. The van der Waals surface area contributed by atoms with Crippen molar-refractivity contribution >= 4 is 5.91 Å². The van der Waals surface area contributed by atoms with E-state index in [0.717, 1.165) is 37.1 Å². The quantitative estimate of drug-likeness (QED) is 0.715. The number of carbonyl (C=O) groups excluding carboxylic acids is 1. The van der Waals surface area contributed by atoms with E-state index < -0.39 is 0 Å². The molecule has 2 fully saturated rings. The van der Waals surface area contributed by atoms with Gasteiger partial charge in [0.1, 0.15) is 0 Å². The molecule has 4 rings (SSSR count). The van der Waals surface area contributed by atoms with Gasteiger partial charge in [-0.25, -0.2) is 0 Å². The van der Waals surface area contributed by atoms with Crippen LogP contribution >= 0.6 is 0 Å². The van der Waals surface area contributed by atoms with Crippen molar-refractivity contribution in [2.24, 2.45) is 0 Å². The van der Waals surface area contributed by atoms with Crippen LogP contribution in [0.4, 0.5) is 0 Å². The maximum absolute atomic E-state index is 12.7. The topological polar surface area (TPSA) is 20.3 Å². The fraction of sp³-hybridized carbons (Fsp3) is 0.318. The molecular weight excluding hydrogens is 294 g/mol. The van der Waals surface area contributed by atoms with Crippen LogP contribution in [0.25, 0.3) is 11.1 Å². The molecule has 0 atom stereocenters. The molecule has 2 aromatic carbocycles. The van der Waals surface area contributed by atoms with Crippen LogP contribution in [0.3, 0.4) is 0 Å². The van der Waals surface area contributed by atoms with Crippen LogP contribution in [0.1, 0.15) is 41.6 Å². The van der Waals surface area contributed by atoms with Crippen LogP contribution in [-0.2, 0) is 0 Å². The van der Waals surface area contributed by atoms with Crippen LogP contribution in [0.15, 0.2) is 59.7 Å². The molecule has 0 spiro atoms. The minimum absolute atomic E-state index is 0.172. The van der Waals surface area contributed by atoms with E-state index in [4.69, 9.17) is 0 Å². The van der Waals surface area contributed by atoms with Crippen molar-refractivity contribution in [3.8, 4) is 11.1 Å². The fourth-order valence-corrected chi connectivity index (χ4v) is 3.48. The number of amides is 1. The van der Waals surface area contributed by atoms with Gasteiger partial charge in [-0.2, -0.15) is 0 Å². The molecule has 0 N–H and O–H groups in total. The molecule has 1 saturated carbocycles. The predicted octanol–water partition coefficient (Wildman–Crippen LogP) is 4.99. The van der Waals surface area contributed by atoms with Crippen molar-refractivity contribution in [1.82, 2.24) is 4.90 Å². The number of nitrogens with zero attached hydrogens (tertiary/aromatic N) is 1. The summed E-state index contributed by atoms with van der Waals surface area (Å²) in [6.07, 6.45) is 4.73. The molecule has 0 aromatic heterocycles. The second kappa shape index (κ2) is 6.27. The van der Waals surface area contributed by atoms with Gasteiger partial charge in [0.2, 0.25) is 0 Å². The molecule has 1 amide bonds. The highest BCUT2D eigenvalue weighted by atomic mass is 16.2. The number of carbonyl (C=O) groups is 1. The summed E-state index contributed by atoms with van der Waals surface area (Å²) in [4.78, 5) is 14.7. The molecule has 24 heavy (non-hydrogen) atoms. The number of piperidine rings is 1. The third-order valence-electron chi connectivity index (χ3n) is 5.17. The number of aryl methyl sites for hydroxylation is 1. The first-order valence-electron chi connectivity index (χ1n) is 8.87. The summed E-state index contributed by atoms with van der Waals surface area (Å²) in [5.41, 5.74) is 7.69. The third kappa shape index (κ3) is 3.14. The molecule has 2 heteroatoms. The molecule has 2 aromatic rings. The van der Waals surface area contributed by atoms with Crippen LogP contribution in [-0.4, -0.2) is 23.9 Å². The predicted molar refractivity (Wildman–Crippen MR) is 98.0 cm³/mol. The van der Waals surface area contributed by atoms with Gasteiger partial charge in [0.15, 0.2) is 0 Å². The Labute approximate surface area is 143 Å². The van der Waals surface area contributed by atoms with Crippen LogP contribution in [0, 0.1) is 6.92 Å². The number of benzene rings is 2. The van der Waals surface area contributed by atoms with Gasteiger partial charge in [-0.15, -0.1) is 0 Å². The normalized spacial score (nSPS) is 17.1. The number of rotatable bonds is 2. The largest absolute Gasteiger partial charge is 0.338 e. The van der Waals surface area contributed by atoms with E-state index in [-0.39, 0.29) is 5.91 Å². The van der Waals surface area contributed by atoms with Crippen molar-refractivity contribution in [2.45, 2.75) is 32.6 Å². The van der Waals surface area contributed by atoms with Gasteiger partial charge >= 0.3 is 0 Å². The molecule has 2 nitrogen and oxygen atoms in total. The zero-order valence-corrected chi connectivity index (χ0v) is 14.2. The monoisotopic (exact) mass is 317 g/mol. The lowest BCUT2D eigenvalue weighted by Crippen LogP contribution is -2.36. The second-order valence-corrected chi connectivity index (χ2v) is 6.94. The van der Waals surface area contributed by atoms with E-state index in [1.165, 1.54) is 24.0 Å². The van der Waals surface area contributed by atoms with Gasteiger partial charge in [-0.1, -0.05) is 53.1 Å². The second-order valence-electron chi connectivity index (χ2n) is 6.94. The average molecular weight is 317 g/mol. The zero-order valence-electron chi connectivity index (χ0n) is 14.2. The van der Waals surface area contributed by atoms with Gasteiger partial charge in [0, 0.05) is 18.7 Å². The van der Waals surface area contributed by atoms with Crippen LogP contribution in [0.2, 0.25) is 0 Å². The van der Waals surface area contributed by atoms with Gasteiger partial charge in [0.05, 0.1) is 0 Å². The number of hydrogen-bond acceptors (Lipinski definition) is 1. The summed E-state index contributed by atoms with van der Waals surface area (Å²) < 4.78 is 0. The van der Waals surface area contributed by atoms with E-state index in [9.17, 15) is 4.79 Å². The smallest absolute Gasteiger partial charge is 0.253 e. The van der Waals surface area contributed by atoms with E-state index in [1.54, 1.807) is 11.1 Å². The van der Waals surface area contributed by atoms with Crippen molar-refractivity contribution in [2.75, 3.05) is 13.1 Å². The Kier molecular flexibility index (Phi) is 3.97. The number of likely N-dealkylation sites (tertiary alicyclic amines) is 1. The summed E-state index contributed by atoms with van der Waals surface area (Å²) in [6, 6.07) is 16.5. The lowest BCUT2D eigenvalue weighted by Gasteiger charge is -2.28. The molecule has 0 radical (unpaired) electrons. The molecule has 0 unspecified atom stereocenters. The van der Waals surface area contributed by atoms with Crippen molar-refractivity contribution in [3.05, 3.63) is 70.8 Å². The van der Waals surface area contributed by atoms with Gasteiger partial charge in [-0.3, -0.25) is 4.79 Å². The molecule has 122 valence electrons. The first-order chi connectivity index (χ1) is 11.7. The number of hydrogen-bond donors (Lipinski definition) is 0. The van der Waals surface area contributed by atoms with E-state index in [1.807, 2.05) is 17.0 Å². The molecular formula is C22H23NO. The minimum Gasteiger partial charge on any atom is -0.338 e. The maximum Gasteiger partial charge on any atom is 0.253 e.